The molecular formula is C58H54O8. The lowest BCUT2D eigenvalue weighted by Crippen LogP contribution is -2.46. The quantitative estimate of drug-likeness (QED) is 0.0744. The van der Waals surface area contributed by atoms with Crippen molar-refractivity contribution in [2.75, 3.05) is 53.2 Å². The smallest absolute Gasteiger partial charge is 0.230 e. The van der Waals surface area contributed by atoms with Gasteiger partial charge in [-0.05, 0) is 117 Å². The van der Waals surface area contributed by atoms with Crippen LogP contribution < -0.4 is 28.4 Å². The van der Waals surface area contributed by atoms with Gasteiger partial charge in [0.1, 0.15) is 34.5 Å². The molecule has 2 saturated heterocycles. The molecule has 0 atom stereocenters. The number of hydrogen-bond acceptors (Lipinski definition) is 8. The highest BCUT2D eigenvalue weighted by Crippen LogP contribution is 2.46. The van der Waals surface area contributed by atoms with Gasteiger partial charge in [0.2, 0.25) is 13.6 Å². The Bertz CT molecular complexity index is 2670. The van der Waals surface area contributed by atoms with Gasteiger partial charge in [-0.2, -0.15) is 0 Å². The Kier molecular flexibility index (Phi) is 12.5. The summed E-state index contributed by atoms with van der Waals surface area (Å²) in [7, 11) is 0. The summed E-state index contributed by atoms with van der Waals surface area (Å²) in [4.78, 5) is 0. The third-order valence-corrected chi connectivity index (χ3v) is 13.2. The van der Waals surface area contributed by atoms with Crippen molar-refractivity contribution in [3.63, 3.8) is 0 Å². The van der Waals surface area contributed by atoms with Gasteiger partial charge in [-0.25, -0.2) is 0 Å². The topological polar surface area (TPSA) is 73.8 Å². The molecule has 2 fully saturated rings. The summed E-state index contributed by atoms with van der Waals surface area (Å²) >= 11 is 0. The zero-order chi connectivity index (χ0) is 44.8. The van der Waals surface area contributed by atoms with Crippen LogP contribution in [0.25, 0.3) is 54.9 Å². The van der Waals surface area contributed by atoms with Crippen LogP contribution in [0.15, 0.2) is 170 Å². The van der Waals surface area contributed by atoms with Gasteiger partial charge in [-0.15, -0.1) is 0 Å². The molecular weight excluding hydrogens is 825 g/mol. The molecule has 8 aromatic rings. The second-order valence-corrected chi connectivity index (χ2v) is 17.5. The Morgan fingerprint density at radius 1 is 0.364 bits per heavy atom. The van der Waals surface area contributed by atoms with Crippen LogP contribution in [0, 0.1) is 10.8 Å². The van der Waals surface area contributed by atoms with Crippen molar-refractivity contribution in [2.45, 2.75) is 26.7 Å². The standard InChI is InChI=1S/C58H54O8/c1-3-57(33-59-34-57)37-61-47-23-13-41(14-24-47)43-17-27-49(28-18-43)63-39-65-53-31-21-45-9-5-7-11-51(45)55(53)56-52-12-8-6-10-46(52)22-32-54(56)66-40-64-50-29-19-44(20-30-50)42-15-25-48(26-16-42)62-38-58(4-2)35-60-36-58/h5-32H,3-4,33-40H2,1-2H3. The zero-order valence-corrected chi connectivity index (χ0v) is 37.5. The van der Waals surface area contributed by atoms with E-state index in [0.29, 0.717) is 36.2 Å². The molecule has 8 aromatic carbocycles. The van der Waals surface area contributed by atoms with E-state index in [2.05, 4.69) is 111 Å². The molecule has 0 saturated carbocycles. The predicted molar refractivity (Wildman–Crippen MR) is 261 cm³/mol. The van der Waals surface area contributed by atoms with E-state index in [9.17, 15) is 0 Å². The maximum atomic E-state index is 6.53. The fourth-order valence-electron chi connectivity index (χ4n) is 8.59. The van der Waals surface area contributed by atoms with Crippen LogP contribution in [0.5, 0.6) is 34.5 Å². The summed E-state index contributed by atoms with van der Waals surface area (Å²) in [6, 6.07) is 57.4. The molecule has 0 aliphatic carbocycles. The molecule has 334 valence electrons. The number of fused-ring (bicyclic) bond motifs is 2. The maximum Gasteiger partial charge on any atom is 0.230 e. The molecule has 0 amide bonds. The molecule has 0 spiro atoms. The van der Waals surface area contributed by atoms with Crippen LogP contribution in [0.3, 0.4) is 0 Å². The average Bonchev–Trinajstić information content (AvgIpc) is 3.34. The summed E-state index contributed by atoms with van der Waals surface area (Å²) < 4.78 is 48.6. The Morgan fingerprint density at radius 3 is 1.02 bits per heavy atom. The van der Waals surface area contributed by atoms with Crippen molar-refractivity contribution in [2.24, 2.45) is 10.8 Å². The lowest BCUT2D eigenvalue weighted by Gasteiger charge is -2.40. The first-order chi connectivity index (χ1) is 32.5. The molecule has 8 nitrogen and oxygen atoms in total. The molecule has 2 heterocycles. The summed E-state index contributed by atoms with van der Waals surface area (Å²) in [6.07, 6.45) is 2.10. The largest absolute Gasteiger partial charge is 0.493 e. The highest BCUT2D eigenvalue weighted by Gasteiger charge is 2.38. The second kappa shape index (κ2) is 19.2. The van der Waals surface area contributed by atoms with Crippen molar-refractivity contribution in [1.82, 2.24) is 0 Å². The normalized spacial score (nSPS) is 14.8. The van der Waals surface area contributed by atoms with E-state index >= 15 is 0 Å². The maximum absolute atomic E-state index is 6.53. The summed E-state index contributed by atoms with van der Waals surface area (Å²) in [5.41, 5.74) is 6.49. The Labute approximate surface area is 386 Å². The Hall–Kier alpha value is -7.00. The minimum absolute atomic E-state index is 0.00836. The Morgan fingerprint density at radius 2 is 0.697 bits per heavy atom. The summed E-state index contributed by atoms with van der Waals surface area (Å²) in [5, 5.41) is 4.24. The van der Waals surface area contributed by atoms with E-state index in [1.165, 1.54) is 0 Å². The van der Waals surface area contributed by atoms with E-state index in [4.69, 9.17) is 37.9 Å². The van der Waals surface area contributed by atoms with Crippen LogP contribution in [-0.2, 0) is 9.47 Å². The monoisotopic (exact) mass is 878 g/mol. The number of benzene rings is 8. The van der Waals surface area contributed by atoms with Crippen LogP contribution in [0.1, 0.15) is 26.7 Å². The molecule has 0 unspecified atom stereocenters. The van der Waals surface area contributed by atoms with Gasteiger partial charge >= 0.3 is 0 Å². The van der Waals surface area contributed by atoms with Gasteiger partial charge in [0.15, 0.2) is 0 Å². The lowest BCUT2D eigenvalue weighted by molar-refractivity contribution is -0.133. The number of rotatable bonds is 19. The molecule has 10 rings (SSSR count). The van der Waals surface area contributed by atoms with Crippen LogP contribution in [0.2, 0.25) is 0 Å². The van der Waals surface area contributed by atoms with E-state index in [-0.39, 0.29) is 24.4 Å². The average molecular weight is 879 g/mol. The molecule has 66 heavy (non-hydrogen) atoms. The van der Waals surface area contributed by atoms with Crippen LogP contribution >= 0.6 is 0 Å². The lowest BCUT2D eigenvalue weighted by atomic mass is 9.84. The molecule has 8 heteroatoms. The van der Waals surface area contributed by atoms with Crippen molar-refractivity contribution in [3.05, 3.63) is 170 Å². The molecule has 0 N–H and O–H groups in total. The van der Waals surface area contributed by atoms with Crippen molar-refractivity contribution < 1.29 is 37.9 Å². The predicted octanol–water partition coefficient (Wildman–Crippen LogP) is 13.4. The number of ether oxygens (including phenoxy) is 8. The SMILES string of the molecule is CCC1(COc2ccc(-c3ccc(OCOc4ccc5ccccc5c4-c4c(OCOc5ccc(-c6ccc(OCC7(CC)COC7)cc6)cc5)ccc5ccccc45)cc3)cc2)COC1. The third kappa shape index (κ3) is 9.25. The minimum Gasteiger partial charge on any atom is -0.493 e. The van der Waals surface area contributed by atoms with Crippen molar-refractivity contribution in [3.8, 4) is 67.9 Å². The van der Waals surface area contributed by atoms with Gasteiger partial charge < -0.3 is 37.9 Å². The first kappa shape index (κ1) is 42.9. The first-order valence-electron chi connectivity index (χ1n) is 22.9. The Balaban J connectivity index is 0.817. The van der Waals surface area contributed by atoms with E-state index in [0.717, 1.165) is 106 Å². The summed E-state index contributed by atoms with van der Waals surface area (Å²) in [5.74, 6) is 4.50. The van der Waals surface area contributed by atoms with Gasteiger partial charge in [0, 0.05) is 11.1 Å². The second-order valence-electron chi connectivity index (χ2n) is 17.5. The molecule has 2 aliphatic heterocycles. The van der Waals surface area contributed by atoms with Crippen molar-refractivity contribution >= 4 is 21.5 Å². The van der Waals surface area contributed by atoms with E-state index in [1.807, 2.05) is 72.8 Å². The van der Waals surface area contributed by atoms with E-state index < -0.39 is 0 Å². The van der Waals surface area contributed by atoms with Gasteiger partial charge in [-0.3, -0.25) is 0 Å². The molecule has 2 aliphatic rings. The molecule has 0 bridgehead atoms. The minimum atomic E-state index is 0.00836. The number of hydrogen-bond donors (Lipinski definition) is 0. The van der Waals surface area contributed by atoms with E-state index in [1.54, 1.807) is 0 Å². The highest BCUT2D eigenvalue weighted by atomic mass is 16.7. The fourth-order valence-corrected chi connectivity index (χ4v) is 8.59. The van der Waals surface area contributed by atoms with Crippen LogP contribution in [-0.4, -0.2) is 53.2 Å². The summed E-state index contributed by atoms with van der Waals surface area (Å²) in [6.45, 7) is 8.82. The van der Waals surface area contributed by atoms with Crippen LogP contribution in [0.4, 0.5) is 0 Å². The highest BCUT2D eigenvalue weighted by molar-refractivity contribution is 6.09. The van der Waals surface area contributed by atoms with Gasteiger partial charge in [0.25, 0.3) is 0 Å². The third-order valence-electron chi connectivity index (χ3n) is 13.2. The fraction of sp³-hybridized carbons (Fsp3) is 0.241. The molecule has 0 radical (unpaired) electrons. The zero-order valence-electron chi connectivity index (χ0n) is 37.5. The van der Waals surface area contributed by atoms with Gasteiger partial charge in [0.05, 0.1) is 50.5 Å². The first-order valence-corrected chi connectivity index (χ1v) is 22.9. The van der Waals surface area contributed by atoms with Gasteiger partial charge in [-0.1, -0.05) is 123 Å². The van der Waals surface area contributed by atoms with Crippen molar-refractivity contribution in [1.29, 1.82) is 0 Å². The molecule has 0 aromatic heterocycles.